The highest BCUT2D eigenvalue weighted by molar-refractivity contribution is 5.90. The van der Waals surface area contributed by atoms with Gasteiger partial charge < -0.3 is 9.47 Å². The predicted molar refractivity (Wildman–Crippen MR) is 132 cm³/mol. The molecule has 0 radical (unpaired) electrons. The standard InChI is InChI=1S/C28H26N2O3/c1-2-32-27-17-22(15-16-26(27)33-20-21-9-4-3-5-10-21)19-29-30-28(31)18-24-13-8-12-23-11-6-7-14-25(23)24/h3-17,19H,2,18,20H2,1H3,(H,30,31). The number of amides is 1. The summed E-state index contributed by atoms with van der Waals surface area (Å²) in [4.78, 5) is 12.4. The minimum atomic E-state index is -0.171. The zero-order valence-electron chi connectivity index (χ0n) is 18.5. The molecule has 4 aromatic carbocycles. The maximum atomic E-state index is 12.4. The molecule has 1 N–H and O–H groups in total. The zero-order valence-corrected chi connectivity index (χ0v) is 18.5. The predicted octanol–water partition coefficient (Wildman–Crippen LogP) is 5.51. The minimum Gasteiger partial charge on any atom is -0.490 e. The number of benzene rings is 4. The summed E-state index contributed by atoms with van der Waals surface area (Å²) in [6.45, 7) is 2.90. The van der Waals surface area contributed by atoms with Gasteiger partial charge >= 0.3 is 0 Å². The van der Waals surface area contributed by atoms with Crippen molar-refractivity contribution in [3.8, 4) is 11.5 Å². The Hall–Kier alpha value is -4.12. The van der Waals surface area contributed by atoms with E-state index >= 15 is 0 Å². The first-order valence-corrected chi connectivity index (χ1v) is 10.9. The van der Waals surface area contributed by atoms with Gasteiger partial charge in [-0.2, -0.15) is 5.10 Å². The molecule has 4 aromatic rings. The fourth-order valence-electron chi connectivity index (χ4n) is 3.57. The van der Waals surface area contributed by atoms with Crippen molar-refractivity contribution in [2.75, 3.05) is 6.61 Å². The summed E-state index contributed by atoms with van der Waals surface area (Å²) in [6, 6.07) is 29.6. The second-order valence-corrected chi connectivity index (χ2v) is 7.52. The molecule has 33 heavy (non-hydrogen) atoms. The highest BCUT2D eigenvalue weighted by Gasteiger charge is 2.08. The van der Waals surface area contributed by atoms with Crippen LogP contribution in [-0.4, -0.2) is 18.7 Å². The Morgan fingerprint density at radius 2 is 1.67 bits per heavy atom. The summed E-state index contributed by atoms with van der Waals surface area (Å²) in [5.74, 6) is 1.13. The van der Waals surface area contributed by atoms with Crippen molar-refractivity contribution >= 4 is 22.9 Å². The Kier molecular flexibility index (Phi) is 7.33. The molecule has 0 spiro atoms. The van der Waals surface area contributed by atoms with E-state index in [2.05, 4.69) is 10.5 Å². The molecule has 0 atom stereocenters. The van der Waals surface area contributed by atoms with Gasteiger partial charge in [0.25, 0.3) is 0 Å². The van der Waals surface area contributed by atoms with E-state index in [0.717, 1.165) is 27.5 Å². The van der Waals surface area contributed by atoms with Crippen LogP contribution in [0.3, 0.4) is 0 Å². The summed E-state index contributed by atoms with van der Waals surface area (Å²) in [5.41, 5.74) is 5.47. The fourth-order valence-corrected chi connectivity index (χ4v) is 3.57. The third-order valence-electron chi connectivity index (χ3n) is 5.14. The topological polar surface area (TPSA) is 59.9 Å². The Balaban J connectivity index is 1.38. The normalized spacial score (nSPS) is 10.9. The summed E-state index contributed by atoms with van der Waals surface area (Å²) in [7, 11) is 0. The van der Waals surface area contributed by atoms with Crippen LogP contribution in [0.5, 0.6) is 11.5 Å². The average Bonchev–Trinajstić information content (AvgIpc) is 2.85. The lowest BCUT2D eigenvalue weighted by atomic mass is 10.0. The van der Waals surface area contributed by atoms with Crippen LogP contribution in [0.25, 0.3) is 10.8 Å². The third-order valence-corrected chi connectivity index (χ3v) is 5.14. The number of hydrogen-bond acceptors (Lipinski definition) is 4. The second kappa shape index (κ2) is 11.0. The van der Waals surface area contributed by atoms with Crippen molar-refractivity contribution < 1.29 is 14.3 Å². The molecule has 0 bridgehead atoms. The molecule has 1 amide bonds. The number of nitrogens with zero attached hydrogens (tertiary/aromatic N) is 1. The van der Waals surface area contributed by atoms with Crippen LogP contribution in [0.2, 0.25) is 0 Å². The maximum absolute atomic E-state index is 12.4. The van der Waals surface area contributed by atoms with Crippen LogP contribution in [0.1, 0.15) is 23.6 Å². The number of hydrazone groups is 1. The largest absolute Gasteiger partial charge is 0.490 e. The van der Waals surface area contributed by atoms with Crippen LogP contribution < -0.4 is 14.9 Å². The van der Waals surface area contributed by atoms with Gasteiger partial charge in [0.05, 0.1) is 19.2 Å². The molecule has 0 unspecified atom stereocenters. The molecule has 4 rings (SSSR count). The van der Waals surface area contributed by atoms with Crippen LogP contribution in [0, 0.1) is 0 Å². The molecule has 0 aliphatic heterocycles. The third kappa shape index (κ3) is 5.98. The molecule has 0 fully saturated rings. The Labute approximate surface area is 193 Å². The number of nitrogens with one attached hydrogen (secondary N) is 1. The molecule has 5 nitrogen and oxygen atoms in total. The van der Waals surface area contributed by atoms with E-state index in [-0.39, 0.29) is 12.3 Å². The van der Waals surface area contributed by atoms with E-state index in [0.29, 0.717) is 24.7 Å². The first-order chi connectivity index (χ1) is 16.2. The van der Waals surface area contributed by atoms with Gasteiger partial charge in [0.15, 0.2) is 11.5 Å². The van der Waals surface area contributed by atoms with Crippen molar-refractivity contribution in [1.29, 1.82) is 0 Å². The van der Waals surface area contributed by atoms with Gasteiger partial charge in [-0.05, 0) is 52.6 Å². The van der Waals surface area contributed by atoms with Gasteiger partial charge in [-0.15, -0.1) is 0 Å². The van der Waals surface area contributed by atoms with Crippen molar-refractivity contribution in [3.05, 3.63) is 108 Å². The molecule has 0 saturated heterocycles. The number of fused-ring (bicyclic) bond motifs is 1. The molecular formula is C28H26N2O3. The Morgan fingerprint density at radius 3 is 2.52 bits per heavy atom. The molecular weight excluding hydrogens is 412 g/mol. The first-order valence-electron chi connectivity index (χ1n) is 10.9. The molecule has 0 aliphatic rings. The summed E-state index contributed by atoms with van der Waals surface area (Å²) in [6.07, 6.45) is 1.86. The van der Waals surface area contributed by atoms with Crippen LogP contribution in [-0.2, 0) is 17.8 Å². The van der Waals surface area contributed by atoms with Crippen molar-refractivity contribution in [2.45, 2.75) is 20.0 Å². The highest BCUT2D eigenvalue weighted by atomic mass is 16.5. The SMILES string of the molecule is CCOc1cc(C=NNC(=O)Cc2cccc3ccccc23)ccc1OCc1ccccc1. The molecule has 166 valence electrons. The van der Waals surface area contributed by atoms with Gasteiger partial charge in [0.1, 0.15) is 6.61 Å². The van der Waals surface area contributed by atoms with Gasteiger partial charge in [-0.1, -0.05) is 72.8 Å². The van der Waals surface area contributed by atoms with Gasteiger partial charge in [-0.3, -0.25) is 4.79 Å². The van der Waals surface area contributed by atoms with Crippen molar-refractivity contribution in [3.63, 3.8) is 0 Å². The van der Waals surface area contributed by atoms with E-state index in [1.54, 1.807) is 6.21 Å². The van der Waals surface area contributed by atoms with E-state index in [4.69, 9.17) is 9.47 Å². The first kappa shape index (κ1) is 22.1. The van der Waals surface area contributed by atoms with E-state index in [1.165, 1.54) is 0 Å². The van der Waals surface area contributed by atoms with Gasteiger partial charge in [0, 0.05) is 0 Å². The van der Waals surface area contributed by atoms with E-state index < -0.39 is 0 Å². The lowest BCUT2D eigenvalue weighted by molar-refractivity contribution is -0.120. The highest BCUT2D eigenvalue weighted by Crippen LogP contribution is 2.29. The average molecular weight is 439 g/mol. The molecule has 0 aromatic heterocycles. The number of ether oxygens (including phenoxy) is 2. The number of carbonyl (C=O) groups excluding carboxylic acids is 1. The zero-order chi connectivity index (χ0) is 22.9. The van der Waals surface area contributed by atoms with Crippen LogP contribution >= 0.6 is 0 Å². The minimum absolute atomic E-state index is 0.171. The van der Waals surface area contributed by atoms with Crippen LogP contribution in [0.4, 0.5) is 0 Å². The lowest BCUT2D eigenvalue weighted by Gasteiger charge is -2.12. The Morgan fingerprint density at radius 1 is 0.879 bits per heavy atom. The van der Waals surface area contributed by atoms with Crippen LogP contribution in [0.15, 0.2) is 96.1 Å². The molecule has 0 aliphatic carbocycles. The van der Waals surface area contributed by atoms with Crippen molar-refractivity contribution in [2.24, 2.45) is 5.10 Å². The number of hydrogen-bond donors (Lipinski definition) is 1. The number of carbonyl (C=O) groups is 1. The van der Waals surface area contributed by atoms with Crippen molar-refractivity contribution in [1.82, 2.24) is 5.43 Å². The number of rotatable bonds is 9. The van der Waals surface area contributed by atoms with E-state index in [1.807, 2.05) is 97.9 Å². The smallest absolute Gasteiger partial charge is 0.244 e. The molecule has 0 heterocycles. The van der Waals surface area contributed by atoms with E-state index in [9.17, 15) is 4.79 Å². The summed E-state index contributed by atoms with van der Waals surface area (Å²) < 4.78 is 11.7. The molecule has 5 heteroatoms. The quantitative estimate of drug-likeness (QED) is 0.277. The maximum Gasteiger partial charge on any atom is 0.244 e. The molecule has 0 saturated carbocycles. The monoisotopic (exact) mass is 438 g/mol. The van der Waals surface area contributed by atoms with Gasteiger partial charge in [-0.25, -0.2) is 5.43 Å². The fraction of sp³-hybridized carbons (Fsp3) is 0.143. The van der Waals surface area contributed by atoms with Gasteiger partial charge in [0.2, 0.25) is 5.91 Å². The summed E-state index contributed by atoms with van der Waals surface area (Å²) in [5, 5.41) is 6.31. The Bertz CT molecular complexity index is 1250. The second-order valence-electron chi connectivity index (χ2n) is 7.52. The summed E-state index contributed by atoms with van der Waals surface area (Å²) >= 11 is 0. The lowest BCUT2D eigenvalue weighted by Crippen LogP contribution is -2.19.